The number of hydrogen-bond acceptors (Lipinski definition) is 4. The SMILES string of the molecule is O=C(CCc1c[nH]c2ccccc12)NNC(=O)c1nn(-c2ccccc2)cc1O. The molecule has 0 unspecified atom stereocenters. The Balaban J connectivity index is 1.33. The molecular weight excluding hydrogens is 370 g/mol. The first-order valence-corrected chi connectivity index (χ1v) is 9.10. The number of carbonyl (C=O) groups excluding carboxylic acids is 2. The Hall–Kier alpha value is -4.07. The monoisotopic (exact) mass is 389 g/mol. The third-order valence-electron chi connectivity index (χ3n) is 4.54. The number of H-pyrrole nitrogens is 1. The summed E-state index contributed by atoms with van der Waals surface area (Å²) in [6, 6.07) is 16.9. The van der Waals surface area contributed by atoms with Gasteiger partial charge in [-0.15, -0.1) is 0 Å². The van der Waals surface area contributed by atoms with Crippen LogP contribution >= 0.6 is 0 Å². The van der Waals surface area contributed by atoms with Gasteiger partial charge >= 0.3 is 0 Å². The van der Waals surface area contributed by atoms with Crippen LogP contribution in [0.2, 0.25) is 0 Å². The second-order valence-corrected chi connectivity index (χ2v) is 6.50. The van der Waals surface area contributed by atoms with Gasteiger partial charge in [0.05, 0.1) is 11.9 Å². The third kappa shape index (κ3) is 3.96. The molecule has 0 aliphatic carbocycles. The van der Waals surface area contributed by atoms with E-state index in [-0.39, 0.29) is 23.8 Å². The number of aryl methyl sites for hydroxylation is 1. The molecule has 2 aromatic carbocycles. The lowest BCUT2D eigenvalue weighted by atomic mass is 10.1. The van der Waals surface area contributed by atoms with Crippen LogP contribution in [0.1, 0.15) is 22.5 Å². The topological polar surface area (TPSA) is 112 Å². The van der Waals surface area contributed by atoms with E-state index in [2.05, 4.69) is 20.9 Å². The molecule has 146 valence electrons. The molecule has 4 N–H and O–H groups in total. The summed E-state index contributed by atoms with van der Waals surface area (Å²) in [4.78, 5) is 27.5. The van der Waals surface area contributed by atoms with Crippen molar-refractivity contribution in [1.82, 2.24) is 25.6 Å². The summed E-state index contributed by atoms with van der Waals surface area (Å²) in [5.41, 5.74) is 7.22. The van der Waals surface area contributed by atoms with Crippen molar-refractivity contribution in [2.75, 3.05) is 0 Å². The molecule has 0 saturated heterocycles. The molecule has 0 aliphatic rings. The summed E-state index contributed by atoms with van der Waals surface area (Å²) in [6.07, 6.45) is 3.94. The number of aromatic hydroxyl groups is 1. The minimum Gasteiger partial charge on any atom is -0.504 e. The quantitative estimate of drug-likeness (QED) is 0.393. The number of nitrogens with one attached hydrogen (secondary N) is 3. The number of fused-ring (bicyclic) bond motifs is 1. The van der Waals surface area contributed by atoms with Gasteiger partial charge in [0.15, 0.2) is 11.4 Å². The Bertz CT molecular complexity index is 1160. The van der Waals surface area contributed by atoms with Crippen molar-refractivity contribution in [3.63, 3.8) is 0 Å². The Morgan fingerprint density at radius 1 is 1.03 bits per heavy atom. The predicted molar refractivity (Wildman–Crippen MR) is 107 cm³/mol. The summed E-state index contributed by atoms with van der Waals surface area (Å²) in [5, 5.41) is 15.1. The maximum Gasteiger partial charge on any atom is 0.294 e. The molecule has 2 heterocycles. The molecule has 0 spiro atoms. The minimum atomic E-state index is -0.697. The van der Waals surface area contributed by atoms with Crippen molar-refractivity contribution >= 4 is 22.7 Å². The van der Waals surface area contributed by atoms with Gasteiger partial charge in [-0.1, -0.05) is 36.4 Å². The molecule has 0 saturated carbocycles. The number of hydrogen-bond donors (Lipinski definition) is 4. The number of aromatic nitrogens is 3. The van der Waals surface area contributed by atoms with Crippen LogP contribution in [0.5, 0.6) is 5.75 Å². The largest absolute Gasteiger partial charge is 0.504 e. The van der Waals surface area contributed by atoms with Gasteiger partial charge in [0, 0.05) is 23.5 Å². The lowest BCUT2D eigenvalue weighted by Gasteiger charge is -2.06. The molecule has 2 aromatic heterocycles. The van der Waals surface area contributed by atoms with Crippen molar-refractivity contribution in [2.24, 2.45) is 0 Å². The van der Waals surface area contributed by atoms with E-state index in [9.17, 15) is 14.7 Å². The fraction of sp³-hybridized carbons (Fsp3) is 0.0952. The number of rotatable bonds is 5. The van der Waals surface area contributed by atoms with Crippen molar-refractivity contribution in [1.29, 1.82) is 0 Å². The van der Waals surface area contributed by atoms with Gasteiger partial charge in [-0.25, -0.2) is 4.68 Å². The molecule has 4 rings (SSSR count). The van der Waals surface area contributed by atoms with Gasteiger partial charge in [-0.3, -0.25) is 20.4 Å². The average molecular weight is 389 g/mol. The molecule has 0 bridgehead atoms. The number of para-hydroxylation sites is 2. The van der Waals surface area contributed by atoms with Crippen LogP contribution in [0.4, 0.5) is 0 Å². The second-order valence-electron chi connectivity index (χ2n) is 6.50. The van der Waals surface area contributed by atoms with Gasteiger partial charge in [-0.2, -0.15) is 5.10 Å². The zero-order valence-electron chi connectivity index (χ0n) is 15.4. The molecule has 8 nitrogen and oxygen atoms in total. The van der Waals surface area contributed by atoms with Gasteiger partial charge in [-0.05, 0) is 30.2 Å². The van der Waals surface area contributed by atoms with Gasteiger partial charge < -0.3 is 10.1 Å². The average Bonchev–Trinajstić information content (AvgIpc) is 3.35. The van der Waals surface area contributed by atoms with Crippen LogP contribution in [0.3, 0.4) is 0 Å². The van der Waals surface area contributed by atoms with Crippen molar-refractivity contribution in [3.8, 4) is 11.4 Å². The van der Waals surface area contributed by atoms with Crippen LogP contribution < -0.4 is 10.9 Å². The Labute approximate surface area is 166 Å². The van der Waals surface area contributed by atoms with Crippen LogP contribution in [0.25, 0.3) is 16.6 Å². The fourth-order valence-corrected chi connectivity index (χ4v) is 3.07. The third-order valence-corrected chi connectivity index (χ3v) is 4.54. The van der Waals surface area contributed by atoms with Crippen molar-refractivity contribution in [3.05, 3.63) is 78.2 Å². The minimum absolute atomic E-state index is 0.175. The number of nitrogens with zero attached hydrogens (tertiary/aromatic N) is 2. The van der Waals surface area contributed by atoms with E-state index in [4.69, 9.17) is 0 Å². The van der Waals surface area contributed by atoms with Crippen LogP contribution in [-0.4, -0.2) is 31.7 Å². The summed E-state index contributed by atoms with van der Waals surface area (Å²) in [6.45, 7) is 0. The van der Waals surface area contributed by atoms with Crippen LogP contribution in [-0.2, 0) is 11.2 Å². The maximum absolute atomic E-state index is 12.3. The molecule has 29 heavy (non-hydrogen) atoms. The number of amides is 2. The molecule has 0 radical (unpaired) electrons. The number of carbonyl (C=O) groups is 2. The number of hydrazine groups is 1. The van der Waals surface area contributed by atoms with Gasteiger partial charge in [0.1, 0.15) is 0 Å². The van der Waals surface area contributed by atoms with Crippen LogP contribution in [0.15, 0.2) is 67.0 Å². The Morgan fingerprint density at radius 2 is 1.79 bits per heavy atom. The highest BCUT2D eigenvalue weighted by atomic mass is 16.3. The molecular formula is C21H19N5O3. The van der Waals surface area contributed by atoms with E-state index in [1.54, 1.807) is 12.1 Å². The lowest BCUT2D eigenvalue weighted by Crippen LogP contribution is -2.41. The molecule has 0 atom stereocenters. The zero-order valence-corrected chi connectivity index (χ0v) is 15.4. The van der Waals surface area contributed by atoms with E-state index in [0.29, 0.717) is 12.1 Å². The van der Waals surface area contributed by atoms with E-state index >= 15 is 0 Å². The predicted octanol–water partition coefficient (Wildman–Crippen LogP) is 2.45. The Kier molecular flexibility index (Phi) is 4.98. The highest BCUT2D eigenvalue weighted by Crippen LogP contribution is 2.19. The molecule has 0 fully saturated rings. The van der Waals surface area contributed by atoms with E-state index < -0.39 is 5.91 Å². The van der Waals surface area contributed by atoms with Gasteiger partial charge in [0.25, 0.3) is 5.91 Å². The second kappa shape index (κ2) is 7.89. The molecule has 8 heteroatoms. The van der Waals surface area contributed by atoms with Gasteiger partial charge in [0.2, 0.25) is 5.91 Å². The summed E-state index contributed by atoms with van der Waals surface area (Å²) >= 11 is 0. The Morgan fingerprint density at radius 3 is 2.62 bits per heavy atom. The van der Waals surface area contributed by atoms with E-state index in [0.717, 1.165) is 16.5 Å². The smallest absolute Gasteiger partial charge is 0.294 e. The standard InChI is InChI=1S/C21H19N5O3/c27-18-13-26(15-6-2-1-3-7-15)25-20(18)21(29)24-23-19(28)11-10-14-12-22-17-9-5-4-8-16(14)17/h1-9,12-13,22,27H,10-11H2,(H,23,28)(H,24,29). The lowest BCUT2D eigenvalue weighted by molar-refractivity contribution is -0.121. The van der Waals surface area contributed by atoms with E-state index in [1.807, 2.05) is 48.7 Å². The first-order chi connectivity index (χ1) is 14.1. The summed E-state index contributed by atoms with van der Waals surface area (Å²) in [5.74, 6) is -1.32. The van der Waals surface area contributed by atoms with E-state index in [1.165, 1.54) is 10.9 Å². The highest BCUT2D eigenvalue weighted by Gasteiger charge is 2.17. The maximum atomic E-state index is 12.3. The first kappa shape index (κ1) is 18.3. The summed E-state index contributed by atoms with van der Waals surface area (Å²) < 4.78 is 1.39. The fourth-order valence-electron chi connectivity index (χ4n) is 3.07. The molecule has 4 aromatic rings. The van der Waals surface area contributed by atoms with Crippen molar-refractivity contribution < 1.29 is 14.7 Å². The van der Waals surface area contributed by atoms with Crippen molar-refractivity contribution in [2.45, 2.75) is 12.8 Å². The molecule has 0 aliphatic heterocycles. The summed E-state index contributed by atoms with van der Waals surface area (Å²) in [7, 11) is 0. The zero-order chi connectivity index (χ0) is 20.2. The number of aromatic amines is 1. The number of benzene rings is 2. The normalized spacial score (nSPS) is 10.8. The highest BCUT2D eigenvalue weighted by molar-refractivity contribution is 5.96. The van der Waals surface area contributed by atoms with Crippen LogP contribution in [0, 0.1) is 0 Å². The first-order valence-electron chi connectivity index (χ1n) is 9.10. The molecule has 2 amide bonds.